The minimum absolute atomic E-state index is 0.114. The zero-order chi connectivity index (χ0) is 14.8. The summed E-state index contributed by atoms with van der Waals surface area (Å²) in [5, 5.41) is 24.0. The Bertz CT molecular complexity index is 894. The molecule has 0 bridgehead atoms. The molecule has 0 amide bonds. The van der Waals surface area contributed by atoms with Crippen LogP contribution in [0.2, 0.25) is 0 Å². The number of fused-ring (bicyclic) bond motifs is 1. The smallest absolute Gasteiger partial charge is 0.176 e. The van der Waals surface area contributed by atoms with Gasteiger partial charge in [-0.05, 0) is 11.4 Å². The third-order valence-electron chi connectivity index (χ3n) is 2.97. The van der Waals surface area contributed by atoms with Crippen LogP contribution in [0.15, 0.2) is 17.8 Å². The van der Waals surface area contributed by atoms with Crippen molar-refractivity contribution in [3.63, 3.8) is 0 Å². The number of nitrogens with zero attached hydrogens (tertiary/aromatic N) is 6. The topological polar surface area (TPSA) is 103 Å². The van der Waals surface area contributed by atoms with Crippen LogP contribution < -0.4 is 5.32 Å². The SMILES string of the molecule is CNc1nc(Cn2cnc(C#N)c2C#N)nc2sccc12. The van der Waals surface area contributed by atoms with Crippen molar-refractivity contribution in [2.24, 2.45) is 0 Å². The minimum Gasteiger partial charge on any atom is -0.372 e. The highest BCUT2D eigenvalue weighted by Crippen LogP contribution is 2.25. The fourth-order valence-electron chi connectivity index (χ4n) is 2.01. The third kappa shape index (κ3) is 2.18. The maximum Gasteiger partial charge on any atom is 0.176 e. The van der Waals surface area contributed by atoms with Crippen LogP contribution in [0.3, 0.4) is 0 Å². The molecule has 3 heterocycles. The molecule has 0 fully saturated rings. The highest BCUT2D eigenvalue weighted by Gasteiger charge is 2.13. The lowest BCUT2D eigenvalue weighted by molar-refractivity contribution is 0.741. The lowest BCUT2D eigenvalue weighted by Crippen LogP contribution is -2.07. The number of anilines is 1. The molecule has 0 aliphatic carbocycles. The minimum atomic E-state index is 0.114. The molecule has 21 heavy (non-hydrogen) atoms. The monoisotopic (exact) mass is 295 g/mol. The van der Waals surface area contributed by atoms with Crippen LogP contribution in [0.5, 0.6) is 0 Å². The van der Waals surface area contributed by atoms with Gasteiger partial charge >= 0.3 is 0 Å². The van der Waals surface area contributed by atoms with Crippen molar-refractivity contribution in [2.75, 3.05) is 12.4 Å². The van der Waals surface area contributed by atoms with Crippen molar-refractivity contribution < 1.29 is 0 Å². The molecular weight excluding hydrogens is 286 g/mol. The van der Waals surface area contributed by atoms with Crippen LogP contribution in [-0.2, 0) is 6.54 Å². The van der Waals surface area contributed by atoms with Gasteiger partial charge in [-0.1, -0.05) is 0 Å². The standard InChI is InChI=1S/C13H9N7S/c1-16-12-8-2-3-21-13(8)19-11(18-12)6-20-7-17-9(4-14)10(20)5-15/h2-3,7H,6H2,1H3,(H,16,18,19). The van der Waals surface area contributed by atoms with Gasteiger partial charge in [0.15, 0.2) is 17.2 Å². The predicted octanol–water partition coefficient (Wildman–Crippen LogP) is 1.72. The van der Waals surface area contributed by atoms with Crippen molar-refractivity contribution in [2.45, 2.75) is 6.54 Å². The molecule has 3 aromatic heterocycles. The Balaban J connectivity index is 2.05. The molecule has 8 heteroatoms. The van der Waals surface area contributed by atoms with Crippen LogP contribution >= 0.6 is 11.3 Å². The molecule has 0 aliphatic heterocycles. The Kier molecular flexibility index (Phi) is 3.22. The van der Waals surface area contributed by atoms with Crippen molar-refractivity contribution in [1.82, 2.24) is 19.5 Å². The zero-order valence-electron chi connectivity index (χ0n) is 11.0. The lowest BCUT2D eigenvalue weighted by Gasteiger charge is -2.06. The van der Waals surface area contributed by atoms with Gasteiger partial charge in [0, 0.05) is 7.05 Å². The fraction of sp³-hybridized carbons (Fsp3) is 0.154. The second-order valence-electron chi connectivity index (χ2n) is 4.17. The molecule has 0 atom stereocenters. The average Bonchev–Trinajstić information content (AvgIpc) is 3.12. The first-order valence-electron chi connectivity index (χ1n) is 6.04. The Labute approximate surface area is 124 Å². The number of thiophene rings is 1. The molecule has 7 nitrogen and oxygen atoms in total. The third-order valence-corrected chi connectivity index (χ3v) is 3.78. The van der Waals surface area contributed by atoms with Crippen LogP contribution in [0, 0.1) is 22.7 Å². The van der Waals surface area contributed by atoms with Gasteiger partial charge in [-0.25, -0.2) is 15.0 Å². The molecule has 1 N–H and O–H groups in total. The molecular formula is C13H9N7S. The largest absolute Gasteiger partial charge is 0.372 e. The van der Waals surface area contributed by atoms with E-state index in [-0.39, 0.29) is 11.4 Å². The van der Waals surface area contributed by atoms with Crippen LogP contribution in [0.1, 0.15) is 17.2 Å². The number of nitrogens with one attached hydrogen (secondary N) is 1. The second kappa shape index (κ2) is 5.19. The summed E-state index contributed by atoms with van der Waals surface area (Å²) in [6.07, 6.45) is 1.46. The summed E-state index contributed by atoms with van der Waals surface area (Å²) in [7, 11) is 1.80. The Morgan fingerprint density at radius 1 is 1.33 bits per heavy atom. The first-order chi connectivity index (χ1) is 10.3. The molecule has 0 aromatic carbocycles. The van der Waals surface area contributed by atoms with E-state index >= 15 is 0 Å². The number of hydrogen-bond acceptors (Lipinski definition) is 7. The van der Waals surface area contributed by atoms with E-state index in [0.717, 1.165) is 16.0 Å². The normalized spacial score (nSPS) is 10.2. The van der Waals surface area contributed by atoms with E-state index in [1.165, 1.54) is 17.7 Å². The van der Waals surface area contributed by atoms with Crippen LogP contribution in [0.25, 0.3) is 10.2 Å². The van der Waals surface area contributed by atoms with Gasteiger partial charge in [0.25, 0.3) is 0 Å². The van der Waals surface area contributed by atoms with Crippen molar-refractivity contribution >= 4 is 27.4 Å². The van der Waals surface area contributed by atoms with Crippen molar-refractivity contribution in [3.05, 3.63) is 35.0 Å². The average molecular weight is 295 g/mol. The maximum absolute atomic E-state index is 9.12. The molecule has 0 spiro atoms. The van der Waals surface area contributed by atoms with Gasteiger partial charge in [-0.2, -0.15) is 10.5 Å². The first-order valence-corrected chi connectivity index (χ1v) is 6.92. The highest BCUT2D eigenvalue weighted by atomic mass is 32.1. The number of imidazole rings is 1. The molecule has 0 radical (unpaired) electrons. The van der Waals surface area contributed by atoms with E-state index in [1.807, 2.05) is 23.6 Å². The summed E-state index contributed by atoms with van der Waals surface area (Å²) in [4.78, 5) is 13.7. The van der Waals surface area contributed by atoms with Crippen molar-refractivity contribution in [1.29, 1.82) is 10.5 Å². The van der Waals surface area contributed by atoms with Crippen LogP contribution in [0.4, 0.5) is 5.82 Å². The van der Waals surface area contributed by atoms with Gasteiger partial charge in [0.1, 0.15) is 22.8 Å². The molecule has 102 valence electrons. The summed E-state index contributed by atoms with van der Waals surface area (Å²) < 4.78 is 1.58. The zero-order valence-corrected chi connectivity index (χ0v) is 11.8. The molecule has 0 unspecified atom stereocenters. The summed E-state index contributed by atoms with van der Waals surface area (Å²) in [6.45, 7) is 0.292. The molecule has 3 rings (SSSR count). The van der Waals surface area contributed by atoms with Gasteiger partial charge in [0.2, 0.25) is 0 Å². The fourth-order valence-corrected chi connectivity index (χ4v) is 2.80. The molecule has 0 saturated heterocycles. The summed E-state index contributed by atoms with van der Waals surface area (Å²) in [6, 6.07) is 5.84. The molecule has 0 aliphatic rings. The Morgan fingerprint density at radius 3 is 2.90 bits per heavy atom. The van der Waals surface area contributed by atoms with E-state index in [4.69, 9.17) is 10.5 Å². The molecule has 0 saturated carbocycles. The maximum atomic E-state index is 9.12. The van der Waals surface area contributed by atoms with Gasteiger partial charge < -0.3 is 9.88 Å². The quantitative estimate of drug-likeness (QED) is 0.789. The number of aromatic nitrogens is 4. The Hall–Kier alpha value is -2.97. The first kappa shape index (κ1) is 13.0. The van der Waals surface area contributed by atoms with E-state index < -0.39 is 0 Å². The van der Waals surface area contributed by atoms with Gasteiger partial charge in [0.05, 0.1) is 18.3 Å². The number of rotatable bonds is 3. The van der Waals surface area contributed by atoms with Gasteiger partial charge in [-0.15, -0.1) is 11.3 Å². The highest BCUT2D eigenvalue weighted by molar-refractivity contribution is 7.16. The van der Waals surface area contributed by atoms with E-state index in [2.05, 4.69) is 20.3 Å². The van der Waals surface area contributed by atoms with Gasteiger partial charge in [-0.3, -0.25) is 0 Å². The number of hydrogen-bond donors (Lipinski definition) is 1. The van der Waals surface area contributed by atoms with E-state index in [0.29, 0.717) is 12.4 Å². The summed E-state index contributed by atoms with van der Waals surface area (Å²) >= 11 is 1.53. The Morgan fingerprint density at radius 2 is 2.19 bits per heavy atom. The van der Waals surface area contributed by atoms with E-state index in [9.17, 15) is 0 Å². The van der Waals surface area contributed by atoms with E-state index in [1.54, 1.807) is 11.6 Å². The summed E-state index contributed by atoms with van der Waals surface area (Å²) in [5.74, 6) is 1.31. The predicted molar refractivity (Wildman–Crippen MR) is 77.7 cm³/mol. The second-order valence-corrected chi connectivity index (χ2v) is 5.07. The van der Waals surface area contributed by atoms with Crippen LogP contribution in [-0.4, -0.2) is 26.6 Å². The lowest BCUT2D eigenvalue weighted by atomic mass is 10.3. The number of nitriles is 2. The molecule has 3 aromatic rings. The summed E-state index contributed by atoms with van der Waals surface area (Å²) in [5.41, 5.74) is 0.335. The van der Waals surface area contributed by atoms with Crippen molar-refractivity contribution in [3.8, 4) is 12.1 Å².